The molecule has 0 bridgehead atoms. The number of halogens is 2. The number of benzene rings is 1. The smallest absolute Gasteiger partial charge is 0.159 e. The van der Waals surface area contributed by atoms with Crippen LogP contribution in [-0.4, -0.2) is 38.4 Å². The van der Waals surface area contributed by atoms with Crippen molar-refractivity contribution < 1.29 is 9.47 Å². The molecule has 1 aromatic heterocycles. The van der Waals surface area contributed by atoms with Gasteiger partial charge in [-0.15, -0.1) is 0 Å². The maximum atomic E-state index is 5.91. The van der Waals surface area contributed by atoms with Gasteiger partial charge in [0.25, 0.3) is 0 Å². The van der Waals surface area contributed by atoms with Gasteiger partial charge in [-0.3, -0.25) is 4.98 Å². The minimum atomic E-state index is 0.645. The van der Waals surface area contributed by atoms with E-state index in [9.17, 15) is 0 Å². The van der Waals surface area contributed by atoms with E-state index in [1.165, 1.54) is 0 Å². The zero-order valence-corrected chi connectivity index (χ0v) is 15.0. The third-order valence-electron chi connectivity index (χ3n) is 2.98. The first-order valence-corrected chi connectivity index (χ1v) is 8.38. The summed E-state index contributed by atoms with van der Waals surface area (Å²) in [7, 11) is 1.70. The number of nitrogens with one attached hydrogen (secondary N) is 1. The summed E-state index contributed by atoms with van der Waals surface area (Å²) in [5.74, 6) is 0.797. The predicted molar refractivity (Wildman–Crippen MR) is 92.0 cm³/mol. The molecule has 1 heterocycles. The van der Waals surface area contributed by atoms with E-state index in [1.807, 2.05) is 18.2 Å². The Bertz CT molecular complexity index is 593. The van der Waals surface area contributed by atoms with Crippen LogP contribution in [0.15, 0.2) is 33.3 Å². The van der Waals surface area contributed by atoms with Gasteiger partial charge >= 0.3 is 0 Å². The first-order chi connectivity index (χ1) is 10.2. The summed E-state index contributed by atoms with van der Waals surface area (Å²) in [6.45, 7) is 3.14. The van der Waals surface area contributed by atoms with Gasteiger partial charge in [0.2, 0.25) is 0 Å². The summed E-state index contributed by atoms with van der Waals surface area (Å²) in [4.78, 5) is 4.43. The third kappa shape index (κ3) is 4.64. The summed E-state index contributed by atoms with van der Waals surface area (Å²) in [6.07, 6.45) is 2.71. The molecule has 2 rings (SSSR count). The van der Waals surface area contributed by atoms with Crippen molar-refractivity contribution in [3.05, 3.63) is 33.3 Å². The number of hydrogen-bond acceptors (Lipinski definition) is 4. The van der Waals surface area contributed by atoms with Crippen molar-refractivity contribution in [1.82, 2.24) is 10.3 Å². The lowest BCUT2D eigenvalue weighted by Crippen LogP contribution is -2.21. The molecule has 0 spiro atoms. The van der Waals surface area contributed by atoms with Crippen molar-refractivity contribution in [2.24, 2.45) is 0 Å². The zero-order valence-electron chi connectivity index (χ0n) is 11.9. The number of hydrogen-bond donors (Lipinski definition) is 1. The molecule has 1 aromatic carbocycles. The normalized spacial score (nSPS) is 11.0. The quantitative estimate of drug-likeness (QED) is 0.664. The molecule has 6 heteroatoms. The summed E-state index contributed by atoms with van der Waals surface area (Å²) in [5.41, 5.74) is 0.867. The monoisotopic (exact) mass is 416 g/mol. The van der Waals surface area contributed by atoms with Gasteiger partial charge in [-0.1, -0.05) is 22.0 Å². The summed E-state index contributed by atoms with van der Waals surface area (Å²) in [6, 6.07) is 5.94. The Hall–Kier alpha value is -0.690. The average molecular weight is 418 g/mol. The molecule has 1 N–H and O–H groups in total. The Balaban J connectivity index is 1.96. The van der Waals surface area contributed by atoms with E-state index >= 15 is 0 Å². The zero-order chi connectivity index (χ0) is 15.1. The number of pyridine rings is 1. The van der Waals surface area contributed by atoms with Crippen LogP contribution in [0.5, 0.6) is 5.75 Å². The second-order valence-electron chi connectivity index (χ2n) is 4.51. The van der Waals surface area contributed by atoms with Crippen LogP contribution in [0.4, 0.5) is 0 Å². The number of aromatic nitrogens is 1. The van der Waals surface area contributed by atoms with Gasteiger partial charge in [0.1, 0.15) is 5.52 Å². The van der Waals surface area contributed by atoms with Gasteiger partial charge in [0, 0.05) is 29.7 Å². The molecule has 114 valence electrons. The van der Waals surface area contributed by atoms with E-state index in [0.717, 1.165) is 51.7 Å². The lowest BCUT2D eigenvalue weighted by Gasteiger charge is -2.12. The van der Waals surface area contributed by atoms with Crippen LogP contribution in [0, 0.1) is 0 Å². The van der Waals surface area contributed by atoms with Crippen LogP contribution in [-0.2, 0) is 4.74 Å². The fraction of sp³-hybridized carbons (Fsp3) is 0.400. The SMILES string of the molecule is COCCNCCCOc1c(Br)cc(Br)c2cccnc12. The molecule has 2 aromatic rings. The van der Waals surface area contributed by atoms with E-state index in [2.05, 4.69) is 42.2 Å². The lowest BCUT2D eigenvalue weighted by atomic mass is 10.2. The number of nitrogens with zero attached hydrogens (tertiary/aromatic N) is 1. The summed E-state index contributed by atoms with van der Waals surface area (Å²) in [5, 5.41) is 4.34. The maximum absolute atomic E-state index is 5.91. The third-order valence-corrected chi connectivity index (χ3v) is 4.22. The topological polar surface area (TPSA) is 43.4 Å². The molecule has 21 heavy (non-hydrogen) atoms. The molecule has 0 atom stereocenters. The van der Waals surface area contributed by atoms with Gasteiger partial charge in [-0.25, -0.2) is 0 Å². The largest absolute Gasteiger partial charge is 0.490 e. The second-order valence-corrected chi connectivity index (χ2v) is 6.22. The lowest BCUT2D eigenvalue weighted by molar-refractivity contribution is 0.198. The van der Waals surface area contributed by atoms with Gasteiger partial charge in [0.05, 0.1) is 17.7 Å². The van der Waals surface area contributed by atoms with Crippen molar-refractivity contribution in [3.8, 4) is 5.75 Å². The van der Waals surface area contributed by atoms with Gasteiger partial charge in [-0.2, -0.15) is 0 Å². The van der Waals surface area contributed by atoms with Crippen LogP contribution in [0.1, 0.15) is 6.42 Å². The van der Waals surface area contributed by atoms with Gasteiger partial charge < -0.3 is 14.8 Å². The molecule has 0 amide bonds. The average Bonchev–Trinajstić information content (AvgIpc) is 2.49. The fourth-order valence-corrected chi connectivity index (χ4v) is 3.34. The Kier molecular flexibility index (Phi) is 6.89. The van der Waals surface area contributed by atoms with E-state index in [4.69, 9.17) is 9.47 Å². The van der Waals surface area contributed by atoms with Crippen molar-refractivity contribution in [1.29, 1.82) is 0 Å². The second kappa shape index (κ2) is 8.68. The predicted octanol–water partition coefficient (Wildman–Crippen LogP) is 3.76. The van der Waals surface area contributed by atoms with Crippen LogP contribution < -0.4 is 10.1 Å². The summed E-state index contributed by atoms with van der Waals surface area (Å²) < 4.78 is 12.8. The van der Waals surface area contributed by atoms with Gasteiger partial charge in [-0.05, 0) is 41.0 Å². The molecule has 0 saturated carbocycles. The van der Waals surface area contributed by atoms with E-state index in [0.29, 0.717) is 6.61 Å². The highest BCUT2D eigenvalue weighted by Gasteiger charge is 2.11. The van der Waals surface area contributed by atoms with Crippen molar-refractivity contribution in [2.45, 2.75) is 6.42 Å². The number of methoxy groups -OCH3 is 1. The van der Waals surface area contributed by atoms with Gasteiger partial charge in [0.15, 0.2) is 5.75 Å². The maximum Gasteiger partial charge on any atom is 0.159 e. The van der Waals surface area contributed by atoms with E-state index in [1.54, 1.807) is 13.3 Å². The molecule has 0 saturated heterocycles. The highest BCUT2D eigenvalue weighted by Crippen LogP contribution is 2.37. The number of ether oxygens (including phenoxy) is 2. The minimum Gasteiger partial charge on any atom is -0.490 e. The molecule has 0 unspecified atom stereocenters. The van der Waals surface area contributed by atoms with E-state index < -0.39 is 0 Å². The molecule has 0 radical (unpaired) electrons. The van der Waals surface area contributed by atoms with Crippen molar-refractivity contribution in [3.63, 3.8) is 0 Å². The molecule has 0 aliphatic rings. The van der Waals surface area contributed by atoms with E-state index in [-0.39, 0.29) is 0 Å². The Morgan fingerprint density at radius 3 is 2.86 bits per heavy atom. The standard InChI is InChI=1S/C15H18Br2N2O2/c1-20-9-7-18-5-3-8-21-15-13(17)10-12(16)11-4-2-6-19-14(11)15/h2,4,6,10,18H,3,5,7-9H2,1H3. The molecule has 0 aliphatic carbocycles. The van der Waals surface area contributed by atoms with Crippen LogP contribution in [0.25, 0.3) is 10.9 Å². The molecular formula is C15H18Br2N2O2. The van der Waals surface area contributed by atoms with Crippen LogP contribution in [0.3, 0.4) is 0 Å². The Labute approximate surface area is 141 Å². The number of fused-ring (bicyclic) bond motifs is 1. The highest BCUT2D eigenvalue weighted by atomic mass is 79.9. The molecular weight excluding hydrogens is 400 g/mol. The Morgan fingerprint density at radius 1 is 1.19 bits per heavy atom. The molecule has 0 aliphatic heterocycles. The highest BCUT2D eigenvalue weighted by molar-refractivity contribution is 9.11. The summed E-state index contributed by atoms with van der Waals surface area (Å²) >= 11 is 7.10. The first-order valence-electron chi connectivity index (χ1n) is 6.79. The molecule has 4 nitrogen and oxygen atoms in total. The minimum absolute atomic E-state index is 0.645. The fourth-order valence-electron chi connectivity index (χ4n) is 1.95. The van der Waals surface area contributed by atoms with Crippen molar-refractivity contribution in [2.75, 3.05) is 33.4 Å². The van der Waals surface area contributed by atoms with Crippen LogP contribution in [0.2, 0.25) is 0 Å². The molecule has 0 fully saturated rings. The number of rotatable bonds is 8. The van der Waals surface area contributed by atoms with Crippen LogP contribution >= 0.6 is 31.9 Å². The first kappa shape index (κ1) is 16.7. The Morgan fingerprint density at radius 2 is 2.05 bits per heavy atom. The van der Waals surface area contributed by atoms with Crippen molar-refractivity contribution >= 4 is 42.8 Å².